The molecule has 1 N–H and O–H groups in total. The second kappa shape index (κ2) is 9.48. The Labute approximate surface area is 140 Å². The number of hydrogen-bond acceptors (Lipinski definition) is 3. The molecule has 1 aromatic rings. The summed E-state index contributed by atoms with van der Waals surface area (Å²) in [5.41, 5.74) is 2.45. The lowest BCUT2D eigenvalue weighted by molar-refractivity contribution is -0.116. The third-order valence-corrected chi connectivity index (χ3v) is 4.35. The third-order valence-electron chi connectivity index (χ3n) is 4.35. The maximum Gasteiger partial charge on any atom is 0.243 e. The largest absolute Gasteiger partial charge is 0.351 e. The summed E-state index contributed by atoms with van der Waals surface area (Å²) in [6.07, 6.45) is 3.65. The summed E-state index contributed by atoms with van der Waals surface area (Å²) >= 11 is 0. The van der Waals surface area contributed by atoms with Crippen LogP contribution in [0.1, 0.15) is 18.9 Å². The summed E-state index contributed by atoms with van der Waals surface area (Å²) < 4.78 is 0. The van der Waals surface area contributed by atoms with Gasteiger partial charge >= 0.3 is 0 Å². The Morgan fingerprint density at radius 1 is 1.17 bits per heavy atom. The fourth-order valence-corrected chi connectivity index (χ4v) is 2.74. The fraction of sp³-hybridized carbons (Fsp3) is 0.526. The van der Waals surface area contributed by atoms with Crippen molar-refractivity contribution in [3.63, 3.8) is 0 Å². The Morgan fingerprint density at radius 2 is 1.87 bits per heavy atom. The van der Waals surface area contributed by atoms with Crippen molar-refractivity contribution in [1.82, 2.24) is 15.1 Å². The van der Waals surface area contributed by atoms with Gasteiger partial charge in [0.2, 0.25) is 5.91 Å². The predicted molar refractivity (Wildman–Crippen MR) is 95.5 cm³/mol. The zero-order chi connectivity index (χ0) is 16.5. The van der Waals surface area contributed by atoms with Gasteiger partial charge in [0, 0.05) is 45.3 Å². The second-order valence-electron chi connectivity index (χ2n) is 6.41. The molecule has 1 aliphatic heterocycles. The smallest absolute Gasteiger partial charge is 0.243 e. The number of nitrogens with one attached hydrogen (secondary N) is 1. The van der Waals surface area contributed by atoms with E-state index in [4.69, 9.17) is 0 Å². The van der Waals surface area contributed by atoms with Gasteiger partial charge in [-0.15, -0.1) is 0 Å². The van der Waals surface area contributed by atoms with E-state index in [-0.39, 0.29) is 5.91 Å². The summed E-state index contributed by atoms with van der Waals surface area (Å²) in [5.74, 6) is 0.0321. The van der Waals surface area contributed by atoms with Gasteiger partial charge in [0.1, 0.15) is 0 Å². The van der Waals surface area contributed by atoms with Crippen LogP contribution in [0.4, 0.5) is 0 Å². The van der Waals surface area contributed by atoms with Gasteiger partial charge in [-0.05, 0) is 32.4 Å². The van der Waals surface area contributed by atoms with Crippen LogP contribution in [0.25, 0.3) is 0 Å². The molecule has 1 heterocycles. The Morgan fingerprint density at radius 3 is 2.57 bits per heavy atom. The first-order valence-corrected chi connectivity index (χ1v) is 8.53. The average Bonchev–Trinajstić information content (AvgIpc) is 2.56. The van der Waals surface area contributed by atoms with Crippen molar-refractivity contribution in [2.45, 2.75) is 19.8 Å². The van der Waals surface area contributed by atoms with E-state index in [1.54, 1.807) is 6.08 Å². The van der Waals surface area contributed by atoms with Crippen LogP contribution in [-0.2, 0) is 11.2 Å². The van der Waals surface area contributed by atoms with E-state index in [2.05, 4.69) is 46.4 Å². The zero-order valence-electron chi connectivity index (χ0n) is 14.4. The molecule has 1 aromatic carbocycles. The van der Waals surface area contributed by atoms with Gasteiger partial charge in [0.15, 0.2) is 0 Å². The van der Waals surface area contributed by atoms with Crippen molar-refractivity contribution < 1.29 is 4.79 Å². The molecular weight excluding hydrogens is 286 g/mol. The molecule has 0 spiro atoms. The highest BCUT2D eigenvalue weighted by Crippen LogP contribution is 2.08. The first kappa shape index (κ1) is 17.7. The molecule has 0 aromatic heterocycles. The van der Waals surface area contributed by atoms with Crippen LogP contribution in [0, 0.1) is 0 Å². The van der Waals surface area contributed by atoms with Gasteiger partial charge in [-0.2, -0.15) is 0 Å². The molecule has 126 valence electrons. The van der Waals surface area contributed by atoms with Gasteiger partial charge in [-0.1, -0.05) is 35.9 Å². The molecule has 1 amide bonds. The maximum absolute atomic E-state index is 11.9. The van der Waals surface area contributed by atoms with E-state index in [0.29, 0.717) is 0 Å². The van der Waals surface area contributed by atoms with E-state index in [9.17, 15) is 4.79 Å². The van der Waals surface area contributed by atoms with Crippen molar-refractivity contribution in [3.8, 4) is 0 Å². The van der Waals surface area contributed by atoms with Crippen LogP contribution in [0.5, 0.6) is 0 Å². The monoisotopic (exact) mass is 315 g/mol. The molecule has 2 rings (SSSR count). The van der Waals surface area contributed by atoms with Gasteiger partial charge in [0.05, 0.1) is 0 Å². The lowest BCUT2D eigenvalue weighted by Crippen LogP contribution is -2.46. The lowest BCUT2D eigenvalue weighted by atomic mass is 10.1. The highest BCUT2D eigenvalue weighted by molar-refractivity contribution is 5.88. The Kier molecular flexibility index (Phi) is 7.30. The number of amides is 1. The molecule has 4 heteroatoms. The summed E-state index contributed by atoms with van der Waals surface area (Å²) in [6, 6.07) is 10.4. The number of benzene rings is 1. The van der Waals surface area contributed by atoms with Gasteiger partial charge < -0.3 is 10.2 Å². The SMILES string of the molecule is CC(=CC(=O)NCCN1CCN(C)CC1)CCc1ccccc1. The van der Waals surface area contributed by atoms with E-state index >= 15 is 0 Å². The van der Waals surface area contributed by atoms with Crippen molar-refractivity contribution in [2.24, 2.45) is 0 Å². The molecule has 1 fully saturated rings. The van der Waals surface area contributed by atoms with Crippen LogP contribution in [-0.4, -0.2) is 62.0 Å². The first-order chi connectivity index (χ1) is 11.1. The van der Waals surface area contributed by atoms with Gasteiger partial charge in [-0.25, -0.2) is 0 Å². The molecule has 1 saturated heterocycles. The number of carbonyl (C=O) groups is 1. The Bertz CT molecular complexity index is 505. The highest BCUT2D eigenvalue weighted by atomic mass is 16.1. The minimum Gasteiger partial charge on any atom is -0.351 e. The molecule has 0 atom stereocenters. The summed E-state index contributed by atoms with van der Waals surface area (Å²) in [6.45, 7) is 8.12. The van der Waals surface area contributed by atoms with Crippen molar-refractivity contribution in [3.05, 3.63) is 47.5 Å². The minimum absolute atomic E-state index is 0.0321. The lowest BCUT2D eigenvalue weighted by Gasteiger charge is -2.32. The van der Waals surface area contributed by atoms with Crippen LogP contribution in [0.2, 0.25) is 0 Å². The molecule has 0 aliphatic carbocycles. The van der Waals surface area contributed by atoms with Gasteiger partial charge in [0.25, 0.3) is 0 Å². The van der Waals surface area contributed by atoms with E-state index in [1.807, 2.05) is 13.0 Å². The van der Waals surface area contributed by atoms with Crippen LogP contribution in [0.3, 0.4) is 0 Å². The number of nitrogens with zero attached hydrogens (tertiary/aromatic N) is 2. The Balaban J connectivity index is 1.63. The molecule has 0 unspecified atom stereocenters. The fourth-order valence-electron chi connectivity index (χ4n) is 2.74. The number of aryl methyl sites for hydroxylation is 1. The summed E-state index contributed by atoms with van der Waals surface area (Å²) in [7, 11) is 2.15. The normalized spacial score (nSPS) is 17.2. The number of carbonyl (C=O) groups excluding carboxylic acids is 1. The minimum atomic E-state index is 0.0321. The number of hydrogen-bond donors (Lipinski definition) is 1. The molecule has 23 heavy (non-hydrogen) atoms. The first-order valence-electron chi connectivity index (χ1n) is 8.53. The highest BCUT2D eigenvalue weighted by Gasteiger charge is 2.12. The molecule has 0 radical (unpaired) electrons. The molecular formula is C19H29N3O. The molecule has 4 nitrogen and oxygen atoms in total. The number of allylic oxidation sites excluding steroid dienone is 1. The zero-order valence-corrected chi connectivity index (χ0v) is 14.4. The second-order valence-corrected chi connectivity index (χ2v) is 6.41. The average molecular weight is 315 g/mol. The maximum atomic E-state index is 11.9. The summed E-state index contributed by atoms with van der Waals surface area (Å²) in [4.78, 5) is 16.7. The topological polar surface area (TPSA) is 35.6 Å². The summed E-state index contributed by atoms with van der Waals surface area (Å²) in [5, 5.41) is 3.00. The predicted octanol–water partition coefficient (Wildman–Crippen LogP) is 1.93. The van der Waals surface area contributed by atoms with Gasteiger partial charge in [-0.3, -0.25) is 9.69 Å². The Hall–Kier alpha value is -1.65. The number of piperazine rings is 1. The van der Waals surface area contributed by atoms with Crippen LogP contribution >= 0.6 is 0 Å². The molecule has 0 bridgehead atoms. The standard InChI is InChI=1S/C19H29N3O/c1-17(8-9-18-6-4-3-5-7-18)16-19(23)20-10-11-22-14-12-21(2)13-15-22/h3-7,16H,8-15H2,1-2H3,(H,20,23). The van der Waals surface area contributed by atoms with Crippen molar-refractivity contribution in [2.75, 3.05) is 46.3 Å². The third kappa shape index (κ3) is 6.97. The van der Waals surface area contributed by atoms with Crippen LogP contribution in [0.15, 0.2) is 42.0 Å². The van der Waals surface area contributed by atoms with E-state index < -0.39 is 0 Å². The molecule has 1 aliphatic rings. The quantitative estimate of drug-likeness (QED) is 0.781. The van der Waals surface area contributed by atoms with Crippen LogP contribution < -0.4 is 5.32 Å². The van der Waals surface area contributed by atoms with E-state index in [0.717, 1.165) is 57.7 Å². The number of likely N-dealkylation sites (N-methyl/N-ethyl adjacent to an activating group) is 1. The molecule has 0 saturated carbocycles. The van der Waals surface area contributed by atoms with E-state index in [1.165, 1.54) is 5.56 Å². The van der Waals surface area contributed by atoms with Crippen molar-refractivity contribution >= 4 is 5.91 Å². The van der Waals surface area contributed by atoms with Crippen molar-refractivity contribution in [1.29, 1.82) is 0 Å². The number of rotatable bonds is 7.